The molecule has 29 heavy (non-hydrogen) atoms. The Balaban J connectivity index is 1.74. The van der Waals surface area contributed by atoms with Crippen molar-refractivity contribution < 1.29 is 4.39 Å². The van der Waals surface area contributed by atoms with Gasteiger partial charge in [-0.3, -0.25) is 0 Å². The molecule has 0 aliphatic carbocycles. The minimum Gasteiger partial charge on any atom is -0.335 e. The number of aromatic nitrogens is 3. The lowest BCUT2D eigenvalue weighted by atomic mass is 10.2. The minimum absolute atomic E-state index is 0.221. The molecule has 5 rings (SSSR count). The van der Waals surface area contributed by atoms with Gasteiger partial charge in [-0.1, -0.05) is 43.0 Å². The Morgan fingerprint density at radius 1 is 1.03 bits per heavy atom. The molecule has 0 unspecified atom stereocenters. The van der Waals surface area contributed by atoms with Gasteiger partial charge in [-0.25, -0.2) is 9.37 Å². The van der Waals surface area contributed by atoms with E-state index in [2.05, 4.69) is 40.7 Å². The molecule has 0 radical (unpaired) electrons. The molecule has 0 saturated heterocycles. The summed E-state index contributed by atoms with van der Waals surface area (Å²) in [6.07, 6.45) is 3.85. The van der Waals surface area contributed by atoms with Gasteiger partial charge in [-0.2, -0.15) is 0 Å². The molecule has 0 atom stereocenters. The molecule has 0 aliphatic heterocycles. The van der Waals surface area contributed by atoms with E-state index in [0.717, 1.165) is 44.8 Å². The Bertz CT molecular complexity index is 1370. The average Bonchev–Trinajstić information content (AvgIpc) is 3.25. The molecule has 2 aromatic carbocycles. The second-order valence-corrected chi connectivity index (χ2v) is 7.24. The summed E-state index contributed by atoms with van der Waals surface area (Å²) in [5.41, 5.74) is 6.97. The Morgan fingerprint density at radius 3 is 2.72 bits per heavy atom. The fraction of sp³-hybridized carbons (Fsp3) is 0.0800. The summed E-state index contributed by atoms with van der Waals surface area (Å²) in [5, 5.41) is 1.14. The van der Waals surface area contributed by atoms with Gasteiger partial charge in [0.25, 0.3) is 0 Å². The van der Waals surface area contributed by atoms with Gasteiger partial charge in [0.1, 0.15) is 17.2 Å². The van der Waals surface area contributed by atoms with E-state index in [1.165, 1.54) is 6.07 Å². The topological polar surface area (TPSA) is 22.2 Å². The van der Waals surface area contributed by atoms with Crippen molar-refractivity contribution in [3.63, 3.8) is 0 Å². The van der Waals surface area contributed by atoms with Crippen molar-refractivity contribution in [3.8, 4) is 11.4 Å². The fourth-order valence-corrected chi connectivity index (χ4v) is 3.95. The number of halogens is 1. The van der Waals surface area contributed by atoms with Gasteiger partial charge in [0.2, 0.25) is 0 Å². The standard InChI is InChI=1S/C25H20FN3/c1-3-18-11-12-28-17(2)25(27-24(28)14-18)23-15-20-8-4-5-10-22(20)29(23)16-19-7-6-9-21(26)13-19/h3-15H,1,16H2,2H3. The maximum Gasteiger partial charge on any atom is 0.138 e. The normalized spacial score (nSPS) is 11.4. The number of pyridine rings is 1. The van der Waals surface area contributed by atoms with Crippen molar-refractivity contribution in [1.29, 1.82) is 0 Å². The van der Waals surface area contributed by atoms with Gasteiger partial charge in [-0.15, -0.1) is 0 Å². The summed E-state index contributed by atoms with van der Waals surface area (Å²) in [6.45, 7) is 6.50. The third-order valence-electron chi connectivity index (χ3n) is 5.41. The van der Waals surface area contributed by atoms with Gasteiger partial charge >= 0.3 is 0 Å². The molecular formula is C25H20FN3. The lowest BCUT2D eigenvalue weighted by Crippen LogP contribution is -2.03. The van der Waals surface area contributed by atoms with Crippen LogP contribution in [0, 0.1) is 12.7 Å². The van der Waals surface area contributed by atoms with Crippen LogP contribution in [0.25, 0.3) is 34.0 Å². The molecular weight excluding hydrogens is 361 g/mol. The summed E-state index contributed by atoms with van der Waals surface area (Å²) in [4.78, 5) is 4.93. The average molecular weight is 381 g/mol. The highest BCUT2D eigenvalue weighted by Crippen LogP contribution is 2.31. The van der Waals surface area contributed by atoms with Crippen LogP contribution in [0.2, 0.25) is 0 Å². The van der Waals surface area contributed by atoms with Crippen LogP contribution in [-0.2, 0) is 6.54 Å². The molecule has 0 aliphatic rings. The lowest BCUT2D eigenvalue weighted by Gasteiger charge is -2.11. The quantitative estimate of drug-likeness (QED) is 0.369. The van der Waals surface area contributed by atoms with Gasteiger partial charge < -0.3 is 8.97 Å². The van der Waals surface area contributed by atoms with Gasteiger partial charge in [0.05, 0.1) is 5.69 Å². The summed E-state index contributed by atoms with van der Waals surface area (Å²) < 4.78 is 18.1. The third-order valence-corrected chi connectivity index (χ3v) is 5.41. The first-order chi connectivity index (χ1) is 14.1. The van der Waals surface area contributed by atoms with Gasteiger partial charge in [0.15, 0.2) is 0 Å². The summed E-state index contributed by atoms with van der Waals surface area (Å²) in [6, 6.07) is 21.2. The fourth-order valence-electron chi connectivity index (χ4n) is 3.95. The predicted molar refractivity (Wildman–Crippen MR) is 116 cm³/mol. The van der Waals surface area contributed by atoms with Gasteiger partial charge in [-0.05, 0) is 54.4 Å². The van der Waals surface area contributed by atoms with Gasteiger partial charge in [0, 0.05) is 29.3 Å². The summed E-state index contributed by atoms with van der Waals surface area (Å²) >= 11 is 0. The van der Waals surface area contributed by atoms with Crippen LogP contribution in [0.15, 0.2) is 79.5 Å². The molecule has 3 nitrogen and oxygen atoms in total. The van der Waals surface area contributed by atoms with Crippen LogP contribution in [0.5, 0.6) is 0 Å². The first-order valence-corrected chi connectivity index (χ1v) is 9.58. The predicted octanol–water partition coefficient (Wildman–Crippen LogP) is 6.09. The van der Waals surface area contributed by atoms with E-state index in [0.29, 0.717) is 6.54 Å². The van der Waals surface area contributed by atoms with E-state index in [4.69, 9.17) is 4.98 Å². The largest absolute Gasteiger partial charge is 0.335 e. The maximum absolute atomic E-state index is 13.8. The Morgan fingerprint density at radius 2 is 1.90 bits per heavy atom. The van der Waals surface area contributed by atoms with E-state index in [-0.39, 0.29) is 5.82 Å². The van der Waals surface area contributed by atoms with Crippen LogP contribution >= 0.6 is 0 Å². The van der Waals surface area contributed by atoms with Crippen LogP contribution < -0.4 is 0 Å². The van der Waals surface area contributed by atoms with Crippen LogP contribution in [0.1, 0.15) is 16.8 Å². The molecule has 0 amide bonds. The maximum atomic E-state index is 13.8. The van der Waals surface area contributed by atoms with Crippen molar-refractivity contribution in [3.05, 3.63) is 102 Å². The molecule has 0 saturated carbocycles. The highest BCUT2D eigenvalue weighted by molar-refractivity contribution is 5.87. The molecule has 0 spiro atoms. The molecule has 4 heteroatoms. The molecule has 3 heterocycles. The third kappa shape index (κ3) is 2.93. The van der Waals surface area contributed by atoms with Crippen molar-refractivity contribution in [2.24, 2.45) is 0 Å². The highest BCUT2D eigenvalue weighted by atomic mass is 19.1. The van der Waals surface area contributed by atoms with Crippen LogP contribution in [-0.4, -0.2) is 14.0 Å². The number of nitrogens with zero attached hydrogens (tertiary/aromatic N) is 3. The van der Waals surface area contributed by atoms with Crippen molar-refractivity contribution in [2.75, 3.05) is 0 Å². The summed E-state index contributed by atoms with van der Waals surface area (Å²) in [7, 11) is 0. The van der Waals surface area contributed by atoms with E-state index in [9.17, 15) is 4.39 Å². The molecule has 3 aromatic heterocycles. The van der Waals surface area contributed by atoms with Crippen LogP contribution in [0.3, 0.4) is 0 Å². The Kier molecular flexibility index (Phi) is 4.06. The molecule has 0 bridgehead atoms. The van der Waals surface area contributed by atoms with Crippen LogP contribution in [0.4, 0.5) is 4.39 Å². The number of benzene rings is 2. The van der Waals surface area contributed by atoms with E-state index < -0.39 is 0 Å². The Hall–Kier alpha value is -3.66. The van der Waals surface area contributed by atoms with E-state index in [1.807, 2.05) is 42.6 Å². The Labute approximate surface area is 168 Å². The molecule has 142 valence electrons. The lowest BCUT2D eigenvalue weighted by molar-refractivity contribution is 0.624. The number of aryl methyl sites for hydroxylation is 1. The number of fused-ring (bicyclic) bond motifs is 2. The number of imidazole rings is 1. The molecule has 0 N–H and O–H groups in total. The second kappa shape index (κ2) is 6.74. The minimum atomic E-state index is -0.221. The van der Waals surface area contributed by atoms with Crippen molar-refractivity contribution >= 4 is 22.6 Å². The zero-order chi connectivity index (χ0) is 20.0. The zero-order valence-electron chi connectivity index (χ0n) is 16.1. The number of rotatable bonds is 4. The van der Waals surface area contributed by atoms with Crippen molar-refractivity contribution in [1.82, 2.24) is 14.0 Å². The monoisotopic (exact) mass is 381 g/mol. The molecule has 5 aromatic rings. The van der Waals surface area contributed by atoms with E-state index in [1.54, 1.807) is 12.1 Å². The summed E-state index contributed by atoms with van der Waals surface area (Å²) in [5.74, 6) is -0.221. The number of hydrogen-bond acceptors (Lipinski definition) is 1. The van der Waals surface area contributed by atoms with E-state index >= 15 is 0 Å². The van der Waals surface area contributed by atoms with Crippen molar-refractivity contribution in [2.45, 2.75) is 13.5 Å². The smallest absolute Gasteiger partial charge is 0.138 e. The second-order valence-electron chi connectivity index (χ2n) is 7.24. The first kappa shape index (κ1) is 17.4. The molecule has 0 fully saturated rings. The SMILES string of the molecule is C=Cc1ccn2c(C)c(-c3cc4ccccc4n3Cc3cccc(F)c3)nc2c1. The zero-order valence-corrected chi connectivity index (χ0v) is 16.1. The number of hydrogen-bond donors (Lipinski definition) is 0. The highest BCUT2D eigenvalue weighted by Gasteiger charge is 2.17. The first-order valence-electron chi connectivity index (χ1n) is 9.58. The number of para-hydroxylation sites is 1.